The molecule has 1 atom stereocenters. The predicted octanol–water partition coefficient (Wildman–Crippen LogP) is 0.735. The van der Waals surface area contributed by atoms with Crippen LogP contribution in [0.25, 0.3) is 0 Å². The van der Waals surface area contributed by atoms with Gasteiger partial charge in [-0.1, -0.05) is 0 Å². The van der Waals surface area contributed by atoms with E-state index in [2.05, 4.69) is 0 Å². The minimum Gasteiger partial charge on any atom is -0.353 e. The first kappa shape index (κ1) is 4.00. The molecule has 1 fully saturated rings. The lowest BCUT2D eigenvalue weighted by Crippen LogP contribution is -2.25. The van der Waals surface area contributed by atoms with Crippen LogP contribution in [0.3, 0.4) is 0 Å². The van der Waals surface area contributed by atoms with Gasteiger partial charge in [0.1, 0.15) is 5.92 Å². The van der Waals surface area contributed by atoms with Crippen LogP contribution in [0.1, 0.15) is 19.8 Å². The smallest absolute Gasteiger partial charge is 0.200 e. The van der Waals surface area contributed by atoms with Gasteiger partial charge in [-0.05, 0) is 0 Å². The van der Waals surface area contributed by atoms with Crippen molar-refractivity contribution in [1.29, 1.82) is 0 Å². The molecular formula is C5H9O+. The van der Waals surface area contributed by atoms with Crippen LogP contribution in [0.15, 0.2) is 0 Å². The summed E-state index contributed by atoms with van der Waals surface area (Å²) in [6.45, 7) is 1.99. The molecule has 1 aliphatic rings. The summed E-state index contributed by atoms with van der Waals surface area (Å²) >= 11 is 0. The molecule has 0 aromatic heterocycles. The summed E-state index contributed by atoms with van der Waals surface area (Å²) in [5.74, 6) is 1.25. The van der Waals surface area contributed by atoms with Crippen molar-refractivity contribution < 1.29 is 5.11 Å². The highest BCUT2D eigenvalue weighted by Crippen LogP contribution is 2.27. The highest BCUT2D eigenvalue weighted by Gasteiger charge is 2.35. The van der Waals surface area contributed by atoms with Crippen molar-refractivity contribution in [1.82, 2.24) is 0 Å². The molecule has 34 valence electrons. The first-order valence-corrected chi connectivity index (χ1v) is 2.31. The largest absolute Gasteiger partial charge is 0.353 e. The zero-order valence-corrected chi connectivity index (χ0v) is 3.94. The monoisotopic (exact) mass is 85.1 g/mol. The van der Waals surface area contributed by atoms with Gasteiger partial charge in [0.25, 0.3) is 0 Å². The molecule has 1 N–H and O–H groups in total. The van der Waals surface area contributed by atoms with Crippen molar-refractivity contribution in [3.63, 3.8) is 0 Å². The van der Waals surface area contributed by atoms with Crippen LogP contribution in [0.5, 0.6) is 0 Å². The van der Waals surface area contributed by atoms with Crippen molar-refractivity contribution in [3.05, 3.63) is 5.92 Å². The number of aliphatic hydroxyl groups excluding tert-OH is 1. The van der Waals surface area contributed by atoms with Crippen molar-refractivity contribution in [2.45, 2.75) is 25.9 Å². The third-order valence-corrected chi connectivity index (χ3v) is 1.38. The Hall–Kier alpha value is -0.170. The Bertz CT molecular complexity index is 43.9. The Labute approximate surface area is 38.0 Å². The minimum absolute atomic E-state index is 0.0509. The number of hydrogen-bond donors (Lipinski definition) is 1. The van der Waals surface area contributed by atoms with E-state index >= 15 is 0 Å². The molecule has 1 rings (SSSR count). The lowest BCUT2D eigenvalue weighted by molar-refractivity contribution is 0.123. The molecule has 0 amide bonds. The number of rotatable bonds is 0. The molecular weight excluding hydrogens is 76.1 g/mol. The number of aliphatic hydroxyl groups is 1. The van der Waals surface area contributed by atoms with Crippen LogP contribution < -0.4 is 0 Å². The summed E-state index contributed by atoms with van der Waals surface area (Å²) in [5.41, 5.74) is 0. The predicted molar refractivity (Wildman–Crippen MR) is 24.2 cm³/mol. The lowest BCUT2D eigenvalue weighted by Gasteiger charge is -2.15. The first-order valence-electron chi connectivity index (χ1n) is 2.31. The van der Waals surface area contributed by atoms with E-state index < -0.39 is 0 Å². The Kier molecular flexibility index (Phi) is 0.771. The fourth-order valence-corrected chi connectivity index (χ4v) is 0.562. The summed E-state index contributed by atoms with van der Waals surface area (Å²) in [6.07, 6.45) is 2.08. The molecule has 1 aliphatic carbocycles. The molecule has 0 bridgehead atoms. The fourth-order valence-electron chi connectivity index (χ4n) is 0.562. The average molecular weight is 85.1 g/mol. The zero-order valence-electron chi connectivity index (χ0n) is 3.94. The number of hydrogen-bond acceptors (Lipinski definition) is 1. The first-order chi connectivity index (χ1) is 2.80. The second-order valence-corrected chi connectivity index (χ2v) is 1.90. The van der Waals surface area contributed by atoms with E-state index in [0.29, 0.717) is 0 Å². The van der Waals surface area contributed by atoms with E-state index in [1.165, 1.54) is 5.92 Å². The third kappa shape index (κ3) is 0.393. The van der Waals surface area contributed by atoms with Gasteiger partial charge >= 0.3 is 0 Å². The molecule has 0 aromatic carbocycles. The van der Waals surface area contributed by atoms with Crippen LogP contribution in [-0.2, 0) is 0 Å². The molecule has 0 saturated heterocycles. The summed E-state index contributed by atoms with van der Waals surface area (Å²) in [4.78, 5) is 0. The van der Waals surface area contributed by atoms with Gasteiger partial charge in [0.2, 0.25) is 6.10 Å². The molecule has 0 aliphatic heterocycles. The van der Waals surface area contributed by atoms with Crippen LogP contribution in [0.4, 0.5) is 0 Å². The molecule has 1 heteroatoms. The maximum atomic E-state index is 8.68. The van der Waals surface area contributed by atoms with Gasteiger partial charge in [-0.3, -0.25) is 0 Å². The van der Waals surface area contributed by atoms with E-state index in [4.69, 9.17) is 5.11 Å². The molecule has 1 nitrogen and oxygen atoms in total. The van der Waals surface area contributed by atoms with Crippen molar-refractivity contribution in [2.24, 2.45) is 0 Å². The highest BCUT2D eigenvalue weighted by molar-refractivity contribution is 5.02. The topological polar surface area (TPSA) is 20.2 Å². The Morgan fingerprint density at radius 3 is 2.33 bits per heavy atom. The minimum atomic E-state index is -0.0509. The standard InChI is InChI=1S/C5H9O/c1-4-2-3-5(4)6/h5-6H,2-3H2,1H3/q+1/t5-/m1/s1. The van der Waals surface area contributed by atoms with Gasteiger partial charge in [0, 0.05) is 0 Å². The summed E-state index contributed by atoms with van der Waals surface area (Å²) in [7, 11) is 0. The van der Waals surface area contributed by atoms with Crippen molar-refractivity contribution in [2.75, 3.05) is 0 Å². The molecule has 0 aromatic rings. The summed E-state index contributed by atoms with van der Waals surface area (Å²) in [6, 6.07) is 0. The Balaban J connectivity index is 2.20. The third-order valence-electron chi connectivity index (χ3n) is 1.38. The van der Waals surface area contributed by atoms with Gasteiger partial charge in [-0.2, -0.15) is 0 Å². The second-order valence-electron chi connectivity index (χ2n) is 1.90. The van der Waals surface area contributed by atoms with E-state index in [1.807, 2.05) is 6.92 Å². The molecule has 1 saturated carbocycles. The van der Waals surface area contributed by atoms with Crippen molar-refractivity contribution >= 4 is 0 Å². The maximum absolute atomic E-state index is 8.68. The van der Waals surface area contributed by atoms with E-state index in [0.717, 1.165) is 12.8 Å². The molecule has 0 heterocycles. The summed E-state index contributed by atoms with van der Waals surface area (Å²) in [5, 5.41) is 8.68. The Morgan fingerprint density at radius 2 is 2.33 bits per heavy atom. The zero-order chi connectivity index (χ0) is 4.57. The maximum Gasteiger partial charge on any atom is 0.200 e. The van der Waals surface area contributed by atoms with E-state index in [9.17, 15) is 0 Å². The van der Waals surface area contributed by atoms with Crippen LogP contribution in [0, 0.1) is 5.92 Å². The highest BCUT2D eigenvalue weighted by atomic mass is 16.3. The lowest BCUT2D eigenvalue weighted by atomic mass is 9.84. The van der Waals surface area contributed by atoms with Crippen LogP contribution in [-0.4, -0.2) is 11.2 Å². The van der Waals surface area contributed by atoms with E-state index in [1.54, 1.807) is 0 Å². The SMILES string of the molecule is C[C+]1CC[C@H]1O. The van der Waals surface area contributed by atoms with Crippen LogP contribution in [0.2, 0.25) is 0 Å². The average Bonchev–Trinajstić information content (AvgIpc) is 1.61. The molecule has 0 spiro atoms. The molecule has 0 radical (unpaired) electrons. The van der Waals surface area contributed by atoms with Gasteiger partial charge in [-0.15, -0.1) is 0 Å². The second kappa shape index (κ2) is 1.16. The van der Waals surface area contributed by atoms with Crippen molar-refractivity contribution in [3.8, 4) is 0 Å². The molecule has 0 unspecified atom stereocenters. The van der Waals surface area contributed by atoms with Gasteiger partial charge in [-0.25, -0.2) is 0 Å². The van der Waals surface area contributed by atoms with Crippen LogP contribution >= 0.6 is 0 Å². The Morgan fingerprint density at radius 1 is 1.83 bits per heavy atom. The normalized spacial score (nSPS) is 33.0. The van der Waals surface area contributed by atoms with E-state index in [-0.39, 0.29) is 6.10 Å². The fraction of sp³-hybridized carbons (Fsp3) is 0.800. The molecule has 6 heavy (non-hydrogen) atoms. The quantitative estimate of drug-likeness (QED) is 0.430. The summed E-state index contributed by atoms with van der Waals surface area (Å²) < 4.78 is 0. The van der Waals surface area contributed by atoms with Gasteiger partial charge in [0.05, 0.1) is 19.8 Å². The van der Waals surface area contributed by atoms with Gasteiger partial charge < -0.3 is 5.11 Å². The van der Waals surface area contributed by atoms with Gasteiger partial charge in [0.15, 0.2) is 0 Å².